The lowest BCUT2D eigenvalue weighted by Crippen LogP contribution is -2.37. The average Bonchev–Trinajstić information content (AvgIpc) is 3.43. The van der Waals surface area contributed by atoms with Crippen LogP contribution in [0.5, 0.6) is 0 Å². The van der Waals surface area contributed by atoms with Gasteiger partial charge in [0.15, 0.2) is 17.3 Å². The number of halogens is 3. The molecule has 5 rings (SSSR count). The summed E-state index contributed by atoms with van der Waals surface area (Å²) >= 11 is 0. The number of hydrogen-bond donors (Lipinski definition) is 3. The monoisotopic (exact) mass is 490 g/mol. The summed E-state index contributed by atoms with van der Waals surface area (Å²) in [5.74, 6) is -2.24. The fourth-order valence-corrected chi connectivity index (χ4v) is 5.02. The number of imidazole rings is 1. The van der Waals surface area contributed by atoms with E-state index in [1.807, 2.05) is 13.8 Å². The first-order chi connectivity index (χ1) is 16.7. The standard InChI is InChI=1S/C24H29F3N6O2/c1-24(2,34)13-3-5-15(6-4-13)29-22-28-11-19-21(32-22)33(16-7-8-35-12-16)23(30-19)31-20-17(26)9-14(25)10-18(20)27/h9-11,13,15-16,34H,3-8,12H2,1-2H3,(H,30,31)(H,28,29,32)/t13-,15-,16-/m0/s1. The molecule has 1 aliphatic carbocycles. The number of hydrogen-bond acceptors (Lipinski definition) is 7. The Morgan fingerprint density at radius 2 is 1.77 bits per heavy atom. The molecule has 188 valence electrons. The van der Waals surface area contributed by atoms with Gasteiger partial charge in [0.05, 0.1) is 24.4 Å². The summed E-state index contributed by atoms with van der Waals surface area (Å²) in [5.41, 5.74) is -0.215. The summed E-state index contributed by atoms with van der Waals surface area (Å²) < 4.78 is 49.3. The smallest absolute Gasteiger partial charge is 0.224 e. The number of ether oxygens (including phenoxy) is 1. The topological polar surface area (TPSA) is 97.1 Å². The zero-order chi connectivity index (χ0) is 24.7. The molecule has 0 bridgehead atoms. The molecule has 1 atom stereocenters. The Morgan fingerprint density at radius 1 is 1.06 bits per heavy atom. The fraction of sp³-hybridized carbons (Fsp3) is 0.542. The zero-order valence-corrected chi connectivity index (χ0v) is 19.7. The number of aliphatic hydroxyl groups is 1. The van der Waals surface area contributed by atoms with Crippen LogP contribution in [-0.2, 0) is 4.74 Å². The van der Waals surface area contributed by atoms with Crippen molar-refractivity contribution in [2.45, 2.75) is 63.6 Å². The number of nitrogens with one attached hydrogen (secondary N) is 2. The summed E-state index contributed by atoms with van der Waals surface area (Å²) in [6, 6.07) is 1.27. The van der Waals surface area contributed by atoms with E-state index in [-0.39, 0.29) is 23.9 Å². The average molecular weight is 491 g/mol. The van der Waals surface area contributed by atoms with Crippen LogP contribution in [0.3, 0.4) is 0 Å². The second-order valence-electron chi connectivity index (χ2n) is 9.94. The van der Waals surface area contributed by atoms with E-state index < -0.39 is 28.7 Å². The molecule has 8 nitrogen and oxygen atoms in total. The van der Waals surface area contributed by atoms with Gasteiger partial charge in [-0.15, -0.1) is 0 Å². The van der Waals surface area contributed by atoms with E-state index in [1.54, 1.807) is 10.8 Å². The highest BCUT2D eigenvalue weighted by Gasteiger charge is 2.32. The van der Waals surface area contributed by atoms with Crippen LogP contribution in [0.4, 0.5) is 30.8 Å². The van der Waals surface area contributed by atoms with Crippen molar-refractivity contribution in [3.8, 4) is 0 Å². The molecule has 3 N–H and O–H groups in total. The summed E-state index contributed by atoms with van der Waals surface area (Å²) in [6.45, 7) is 4.66. The molecule has 1 aromatic carbocycles. The van der Waals surface area contributed by atoms with Crippen molar-refractivity contribution in [1.29, 1.82) is 0 Å². The van der Waals surface area contributed by atoms with E-state index in [9.17, 15) is 18.3 Å². The number of anilines is 3. The molecule has 1 saturated heterocycles. The number of benzene rings is 1. The third-order valence-corrected chi connectivity index (χ3v) is 7.01. The minimum absolute atomic E-state index is 0.140. The van der Waals surface area contributed by atoms with Gasteiger partial charge in [0, 0.05) is 24.8 Å². The lowest BCUT2D eigenvalue weighted by atomic mass is 9.77. The first-order valence-corrected chi connectivity index (χ1v) is 11.9. The van der Waals surface area contributed by atoms with Crippen LogP contribution in [0, 0.1) is 23.4 Å². The minimum Gasteiger partial charge on any atom is -0.390 e. The van der Waals surface area contributed by atoms with Gasteiger partial charge in [0.1, 0.15) is 17.0 Å². The second kappa shape index (κ2) is 9.27. The van der Waals surface area contributed by atoms with Crippen molar-refractivity contribution in [3.63, 3.8) is 0 Å². The first-order valence-electron chi connectivity index (χ1n) is 11.9. The van der Waals surface area contributed by atoms with Crippen LogP contribution < -0.4 is 10.6 Å². The Balaban J connectivity index is 1.44. The molecule has 2 aliphatic rings. The van der Waals surface area contributed by atoms with Crippen LogP contribution >= 0.6 is 0 Å². The number of rotatable bonds is 6. The highest BCUT2D eigenvalue weighted by Crippen LogP contribution is 2.35. The van der Waals surface area contributed by atoms with E-state index >= 15 is 0 Å². The van der Waals surface area contributed by atoms with Crippen LogP contribution in [0.25, 0.3) is 11.2 Å². The van der Waals surface area contributed by atoms with Crippen LogP contribution in [0.15, 0.2) is 18.3 Å². The van der Waals surface area contributed by atoms with Gasteiger partial charge in [-0.1, -0.05) is 0 Å². The predicted octanol–water partition coefficient (Wildman–Crippen LogP) is 4.69. The molecular formula is C24H29F3N6O2. The van der Waals surface area contributed by atoms with Crippen molar-refractivity contribution >= 4 is 28.7 Å². The molecule has 0 amide bonds. The predicted molar refractivity (Wildman–Crippen MR) is 125 cm³/mol. The maximum absolute atomic E-state index is 14.3. The van der Waals surface area contributed by atoms with E-state index in [0.29, 0.717) is 48.9 Å². The molecule has 2 fully saturated rings. The van der Waals surface area contributed by atoms with Crippen LogP contribution in [-0.4, -0.2) is 49.5 Å². The van der Waals surface area contributed by atoms with Gasteiger partial charge >= 0.3 is 0 Å². The lowest BCUT2D eigenvalue weighted by Gasteiger charge is -2.36. The minimum atomic E-state index is -1.06. The van der Waals surface area contributed by atoms with Gasteiger partial charge in [-0.25, -0.2) is 23.1 Å². The van der Waals surface area contributed by atoms with Crippen molar-refractivity contribution in [2.24, 2.45) is 5.92 Å². The summed E-state index contributed by atoms with van der Waals surface area (Å²) in [7, 11) is 0. The van der Waals surface area contributed by atoms with E-state index in [0.717, 1.165) is 25.7 Å². The molecule has 1 saturated carbocycles. The summed E-state index contributed by atoms with van der Waals surface area (Å²) in [6.07, 6.45) is 5.85. The maximum Gasteiger partial charge on any atom is 0.224 e. The van der Waals surface area contributed by atoms with Gasteiger partial charge in [0.2, 0.25) is 11.9 Å². The zero-order valence-electron chi connectivity index (χ0n) is 19.7. The highest BCUT2D eigenvalue weighted by atomic mass is 19.1. The Hall–Kier alpha value is -2.92. The number of fused-ring (bicyclic) bond motifs is 1. The molecule has 0 radical (unpaired) electrons. The van der Waals surface area contributed by atoms with Gasteiger partial charge < -0.3 is 20.5 Å². The molecule has 0 spiro atoms. The third-order valence-electron chi connectivity index (χ3n) is 7.01. The van der Waals surface area contributed by atoms with Gasteiger partial charge in [-0.3, -0.25) is 4.57 Å². The van der Waals surface area contributed by atoms with E-state index in [2.05, 4.69) is 25.6 Å². The normalized spacial score (nSPS) is 23.1. The Morgan fingerprint density at radius 3 is 2.40 bits per heavy atom. The van der Waals surface area contributed by atoms with Gasteiger partial charge in [-0.05, 0) is 51.9 Å². The Bertz CT molecular complexity index is 1190. The van der Waals surface area contributed by atoms with Crippen molar-refractivity contribution in [3.05, 3.63) is 35.8 Å². The first kappa shape index (κ1) is 23.8. The van der Waals surface area contributed by atoms with Crippen molar-refractivity contribution in [1.82, 2.24) is 19.5 Å². The third kappa shape index (κ3) is 4.92. The highest BCUT2D eigenvalue weighted by molar-refractivity contribution is 5.76. The summed E-state index contributed by atoms with van der Waals surface area (Å²) in [5, 5.41) is 16.4. The maximum atomic E-state index is 14.3. The van der Waals surface area contributed by atoms with Crippen molar-refractivity contribution in [2.75, 3.05) is 23.8 Å². The second-order valence-corrected chi connectivity index (χ2v) is 9.94. The largest absolute Gasteiger partial charge is 0.390 e. The molecule has 3 aromatic rings. The molecule has 0 unspecified atom stereocenters. The SMILES string of the molecule is CC(C)(O)[C@H]1CC[C@H](Nc2ncc3nc(Nc4c(F)cc(F)cc4F)n([C@H]4CCOC4)c3n2)CC1. The molecule has 2 aromatic heterocycles. The lowest BCUT2D eigenvalue weighted by molar-refractivity contribution is -0.000415. The van der Waals surface area contributed by atoms with Crippen molar-refractivity contribution < 1.29 is 23.0 Å². The molecule has 35 heavy (non-hydrogen) atoms. The van der Waals surface area contributed by atoms with Gasteiger partial charge in [-0.2, -0.15) is 4.98 Å². The Labute approximate surface area is 200 Å². The van der Waals surface area contributed by atoms with Crippen LogP contribution in [0.2, 0.25) is 0 Å². The molecule has 1 aliphatic heterocycles. The quantitative estimate of drug-likeness (QED) is 0.461. The number of aromatic nitrogens is 4. The van der Waals surface area contributed by atoms with Gasteiger partial charge in [0.25, 0.3) is 0 Å². The van der Waals surface area contributed by atoms with E-state index in [1.165, 1.54) is 0 Å². The molecule has 11 heteroatoms. The fourth-order valence-electron chi connectivity index (χ4n) is 5.02. The Kier molecular flexibility index (Phi) is 6.30. The van der Waals surface area contributed by atoms with E-state index in [4.69, 9.17) is 4.74 Å². The molecular weight excluding hydrogens is 461 g/mol. The number of nitrogens with zero attached hydrogens (tertiary/aromatic N) is 4. The summed E-state index contributed by atoms with van der Waals surface area (Å²) in [4.78, 5) is 13.6. The van der Waals surface area contributed by atoms with Crippen LogP contribution in [0.1, 0.15) is 52.0 Å². The molecule has 3 heterocycles.